The molecule has 0 atom stereocenters. The van der Waals surface area contributed by atoms with Crippen molar-refractivity contribution in [3.05, 3.63) is 47.7 Å². The minimum atomic E-state index is -4.45. The third kappa shape index (κ3) is 4.01. The predicted octanol–water partition coefficient (Wildman–Crippen LogP) is 0.505. The molecule has 11 heteroatoms. The van der Waals surface area contributed by atoms with Gasteiger partial charge in [0.25, 0.3) is 0 Å². The number of hydrogen-bond donors (Lipinski definition) is 3. The molecule has 0 fully saturated rings. The molecule has 1 heterocycles. The summed E-state index contributed by atoms with van der Waals surface area (Å²) in [6.07, 6.45) is 2.24. The van der Waals surface area contributed by atoms with Gasteiger partial charge in [-0.25, -0.2) is 4.79 Å². The van der Waals surface area contributed by atoms with Gasteiger partial charge in [-0.1, -0.05) is 30.3 Å². The van der Waals surface area contributed by atoms with Crippen molar-refractivity contribution in [3.63, 3.8) is 0 Å². The van der Waals surface area contributed by atoms with E-state index in [0.717, 1.165) is 6.20 Å². The first-order valence-corrected chi connectivity index (χ1v) is 8.50. The summed E-state index contributed by atoms with van der Waals surface area (Å²) in [5, 5.41) is 16.4. The van der Waals surface area contributed by atoms with Crippen LogP contribution in [0.4, 0.5) is 0 Å². The van der Waals surface area contributed by atoms with Gasteiger partial charge in [0.1, 0.15) is 5.56 Å². The second kappa shape index (κ2) is 7.57. The Morgan fingerprint density at radius 2 is 2.12 bits per heavy atom. The third-order valence-electron chi connectivity index (χ3n) is 2.90. The first kappa shape index (κ1) is 18.1. The van der Waals surface area contributed by atoms with Crippen LogP contribution < -0.4 is 5.73 Å². The van der Waals surface area contributed by atoms with Crippen molar-refractivity contribution in [1.82, 2.24) is 14.6 Å². The smallest absolute Gasteiger partial charge is 0.342 e. The number of nitrogens with two attached hydrogens (primary N) is 1. The monoisotopic (exact) mass is 364 g/mol. The first-order chi connectivity index (χ1) is 11.9. The van der Waals surface area contributed by atoms with Crippen molar-refractivity contribution in [1.29, 1.82) is 5.41 Å². The Labute approximate surface area is 143 Å². The predicted molar refractivity (Wildman–Crippen MR) is 89.5 cm³/mol. The zero-order valence-corrected chi connectivity index (χ0v) is 14.0. The molecule has 0 spiro atoms. The number of hydrazone groups is 1. The van der Waals surface area contributed by atoms with E-state index < -0.39 is 27.0 Å². The quantitative estimate of drug-likeness (QED) is 0.293. The van der Waals surface area contributed by atoms with E-state index >= 15 is 0 Å². The highest BCUT2D eigenvalue weighted by Crippen LogP contribution is 2.18. The fourth-order valence-corrected chi connectivity index (χ4v) is 3.01. The topological polar surface area (TPSA) is 155 Å². The van der Waals surface area contributed by atoms with Gasteiger partial charge in [0.2, 0.25) is 5.96 Å². The summed E-state index contributed by atoms with van der Waals surface area (Å²) in [6.45, 7) is 1.64. The van der Waals surface area contributed by atoms with E-state index in [-0.39, 0.29) is 16.6 Å². The second-order valence-corrected chi connectivity index (χ2v) is 6.33. The summed E-state index contributed by atoms with van der Waals surface area (Å²) in [4.78, 5) is 11.9. The normalized spacial score (nSPS) is 11.4. The molecule has 0 bridgehead atoms. The van der Waals surface area contributed by atoms with Gasteiger partial charge in [-0.3, -0.25) is 10.5 Å². The molecule has 0 aliphatic heterocycles. The molecule has 0 saturated carbocycles. The van der Waals surface area contributed by atoms with Gasteiger partial charge >= 0.3 is 16.0 Å². The lowest BCUT2D eigenvalue weighted by Crippen LogP contribution is -2.38. The molecule has 2 aromatic rings. The largest absolute Gasteiger partial charge is 0.462 e. The van der Waals surface area contributed by atoms with Gasteiger partial charge in [-0.2, -0.15) is 18.6 Å². The number of benzene rings is 1. The van der Waals surface area contributed by atoms with Crippen molar-refractivity contribution < 1.29 is 17.9 Å². The summed E-state index contributed by atoms with van der Waals surface area (Å²) in [5.41, 5.74) is 5.64. The van der Waals surface area contributed by atoms with Crippen molar-refractivity contribution in [2.75, 3.05) is 6.61 Å². The summed E-state index contributed by atoms with van der Waals surface area (Å²) in [7, 11) is -4.45. The number of ether oxygens (including phenoxy) is 1. The van der Waals surface area contributed by atoms with E-state index in [2.05, 4.69) is 15.3 Å². The summed E-state index contributed by atoms with van der Waals surface area (Å²) < 4.78 is 30.5. The molecule has 1 aromatic heterocycles. The number of aromatic amines is 1. The lowest BCUT2D eigenvalue weighted by molar-refractivity contribution is 0.0521. The summed E-state index contributed by atoms with van der Waals surface area (Å²) >= 11 is 0. The Morgan fingerprint density at radius 1 is 1.44 bits per heavy atom. The zero-order chi connectivity index (χ0) is 18.4. The Morgan fingerprint density at radius 3 is 2.72 bits per heavy atom. The first-order valence-electron chi connectivity index (χ1n) is 7.06. The van der Waals surface area contributed by atoms with Crippen molar-refractivity contribution >= 4 is 28.2 Å². The van der Waals surface area contributed by atoms with E-state index in [1.165, 1.54) is 6.21 Å². The van der Waals surface area contributed by atoms with E-state index in [4.69, 9.17) is 15.9 Å². The zero-order valence-electron chi connectivity index (χ0n) is 13.2. The number of H-pyrrole nitrogens is 1. The lowest BCUT2D eigenvalue weighted by Gasteiger charge is -2.16. The Balaban J connectivity index is 2.41. The van der Waals surface area contributed by atoms with Crippen LogP contribution in [0.5, 0.6) is 0 Å². The van der Waals surface area contributed by atoms with Crippen molar-refractivity contribution in [2.24, 2.45) is 10.8 Å². The molecule has 0 aliphatic carbocycles. The van der Waals surface area contributed by atoms with Crippen LogP contribution in [0.1, 0.15) is 22.8 Å². The van der Waals surface area contributed by atoms with E-state index in [1.54, 1.807) is 37.3 Å². The maximum atomic E-state index is 12.7. The number of carbonyl (C=O) groups excluding carboxylic acids is 1. The molecule has 25 heavy (non-hydrogen) atoms. The molecule has 2 rings (SSSR count). The molecule has 0 amide bonds. The molecule has 0 saturated heterocycles. The van der Waals surface area contributed by atoms with Crippen molar-refractivity contribution in [2.45, 2.75) is 11.9 Å². The molecule has 0 unspecified atom stereocenters. The minimum absolute atomic E-state index is 0.0616. The number of hydrogen-bond acceptors (Lipinski definition) is 7. The average Bonchev–Trinajstić information content (AvgIpc) is 3.06. The van der Waals surface area contributed by atoms with E-state index in [1.807, 2.05) is 0 Å². The Kier molecular flexibility index (Phi) is 5.49. The number of nitrogens with one attached hydrogen (secondary N) is 2. The SMILES string of the molecule is CCOC(=O)c1cn[nH]c1S(=O)(=O)N(/N=C/c1ccccc1)C(=N)N. The van der Waals surface area contributed by atoms with E-state index in [9.17, 15) is 13.2 Å². The molecular formula is C14H16N6O4S. The number of esters is 1. The standard InChI is InChI=1S/C14H16N6O4S/c1-2-24-13(21)11-9-17-19-12(11)25(22,23)20(14(15)16)18-8-10-6-4-3-5-7-10/h3-9H,2H2,1H3,(H3,15,16)(H,17,19)/b18-8+. The fourth-order valence-electron chi connectivity index (χ4n) is 1.82. The average molecular weight is 364 g/mol. The summed E-state index contributed by atoms with van der Waals surface area (Å²) in [6, 6.07) is 8.64. The highest BCUT2D eigenvalue weighted by Gasteiger charge is 2.33. The van der Waals surface area contributed by atoms with Gasteiger partial charge in [0, 0.05) is 0 Å². The number of carbonyl (C=O) groups is 1. The Bertz CT molecular complexity index is 891. The van der Waals surface area contributed by atoms with Crippen LogP contribution in [0.2, 0.25) is 0 Å². The second-order valence-electron chi connectivity index (χ2n) is 4.62. The Hall–Kier alpha value is -3.21. The maximum Gasteiger partial charge on any atom is 0.342 e. The molecule has 10 nitrogen and oxygen atoms in total. The van der Waals surface area contributed by atoms with Gasteiger partial charge in [-0.15, -0.1) is 4.41 Å². The van der Waals surface area contributed by atoms with Gasteiger partial charge in [-0.05, 0) is 12.5 Å². The number of sulfonamides is 1. The number of aromatic nitrogens is 2. The molecule has 0 aliphatic rings. The fraction of sp³-hybridized carbons (Fsp3) is 0.143. The number of guanidine groups is 1. The van der Waals surface area contributed by atoms with E-state index in [0.29, 0.717) is 5.56 Å². The molecular weight excluding hydrogens is 348 g/mol. The van der Waals surface area contributed by atoms with Crippen LogP contribution in [0.25, 0.3) is 0 Å². The van der Waals surface area contributed by atoms with Crippen LogP contribution in [0, 0.1) is 5.41 Å². The third-order valence-corrected chi connectivity index (χ3v) is 4.48. The van der Waals surface area contributed by atoms with Crippen LogP contribution in [-0.4, -0.2) is 47.8 Å². The van der Waals surface area contributed by atoms with Crippen LogP contribution in [0.15, 0.2) is 46.7 Å². The van der Waals surface area contributed by atoms with Crippen molar-refractivity contribution in [3.8, 4) is 0 Å². The van der Waals surface area contributed by atoms with Gasteiger partial charge in [0.15, 0.2) is 5.03 Å². The van der Waals surface area contributed by atoms with Crippen LogP contribution in [0.3, 0.4) is 0 Å². The molecule has 0 radical (unpaired) electrons. The summed E-state index contributed by atoms with van der Waals surface area (Å²) in [5.74, 6) is -1.72. The van der Waals surface area contributed by atoms with Crippen LogP contribution >= 0.6 is 0 Å². The lowest BCUT2D eigenvalue weighted by atomic mass is 10.2. The number of nitrogens with zero attached hydrogens (tertiary/aromatic N) is 3. The molecule has 1 aromatic carbocycles. The van der Waals surface area contributed by atoms with Crippen LogP contribution in [-0.2, 0) is 14.8 Å². The number of rotatable bonds is 6. The molecule has 4 N–H and O–H groups in total. The maximum absolute atomic E-state index is 12.7. The van der Waals surface area contributed by atoms with Gasteiger partial charge in [0.05, 0.1) is 19.0 Å². The molecule has 132 valence electrons. The van der Waals surface area contributed by atoms with Gasteiger partial charge < -0.3 is 10.5 Å². The highest BCUT2D eigenvalue weighted by atomic mass is 32.2. The highest BCUT2D eigenvalue weighted by molar-refractivity contribution is 7.89. The minimum Gasteiger partial charge on any atom is -0.462 e.